The maximum absolute atomic E-state index is 13.1. The van der Waals surface area contributed by atoms with Crippen LogP contribution >= 0.6 is 15.6 Å². The maximum Gasteiger partial charge on any atom is 0.472 e. The number of aliphatic hydroxyl groups is 2. The van der Waals surface area contributed by atoms with Crippen LogP contribution in [0.1, 0.15) is 393 Å². The summed E-state index contributed by atoms with van der Waals surface area (Å²) in [4.78, 5) is 59.2. The molecule has 0 aromatic carbocycles. The lowest BCUT2D eigenvalue weighted by atomic mass is 10.0. The molecule has 0 aromatic heterocycles. The van der Waals surface area contributed by atoms with E-state index in [1.54, 1.807) is 0 Å². The lowest BCUT2D eigenvalue weighted by molar-refractivity contribution is -0.161. The second kappa shape index (κ2) is 95.5. The summed E-state index contributed by atoms with van der Waals surface area (Å²) in [6, 6.07) is 0. The number of allylic oxidation sites excluding steroid dienone is 32. The first kappa shape index (κ1) is 117. The minimum absolute atomic E-state index is 0.0938. The zero-order chi connectivity index (χ0) is 89.3. The van der Waals surface area contributed by atoms with Crippen molar-refractivity contribution in [1.29, 1.82) is 0 Å². The van der Waals surface area contributed by atoms with Gasteiger partial charge in [0.25, 0.3) is 0 Å². The summed E-state index contributed by atoms with van der Waals surface area (Å²) in [6.45, 7) is 2.38. The van der Waals surface area contributed by atoms with Crippen LogP contribution in [0.15, 0.2) is 194 Å². The molecule has 702 valence electrons. The molecule has 0 spiro atoms. The summed E-state index contributed by atoms with van der Waals surface area (Å²) >= 11 is 0. The van der Waals surface area contributed by atoms with Crippen molar-refractivity contribution >= 4 is 33.6 Å². The molecule has 0 radical (unpaired) electrons. The Kier molecular flexibility index (Phi) is 91.1. The molecule has 5 unspecified atom stereocenters. The van der Waals surface area contributed by atoms with Crippen LogP contribution in [0.2, 0.25) is 0 Å². The third kappa shape index (κ3) is 96.9. The molecular formula is C105H176O16P2. The van der Waals surface area contributed by atoms with E-state index in [4.69, 9.17) is 32.3 Å². The van der Waals surface area contributed by atoms with Crippen molar-refractivity contribution in [2.45, 2.75) is 411 Å². The van der Waals surface area contributed by atoms with Crippen LogP contribution in [-0.4, -0.2) is 95.9 Å². The van der Waals surface area contributed by atoms with E-state index < -0.39 is 91.5 Å². The molecule has 0 saturated heterocycles. The quantitative estimate of drug-likeness (QED) is 0.0146. The highest BCUT2D eigenvalue weighted by atomic mass is 31.2. The lowest BCUT2D eigenvalue weighted by Gasteiger charge is -2.21. The van der Waals surface area contributed by atoms with Gasteiger partial charge in [-0.1, -0.05) is 408 Å². The summed E-state index contributed by atoms with van der Waals surface area (Å²) < 4.78 is 61.6. The van der Waals surface area contributed by atoms with E-state index in [0.717, 1.165) is 186 Å². The number of carbonyl (C=O) groups is 3. The summed E-state index contributed by atoms with van der Waals surface area (Å²) in [6.07, 6.45) is 128. The van der Waals surface area contributed by atoms with Gasteiger partial charge < -0.3 is 34.2 Å². The molecule has 0 amide bonds. The fourth-order valence-electron chi connectivity index (χ4n) is 13.0. The SMILES string of the molecule is CC/C=C\C/C=C\C/C=C\C/C=C\C/C=C\C/C=C\CCCCCCCCCCCCC(=O)OCC(COP(=O)(O)OCC(O)COP(=O)(O)OCC(O)COC(=O)CCCCCCCCCCCCCCCCC/C=C\C/C=C\C/C=C\C/C=C\C/C=C\CC)OC(=O)CCCCCCCCCCCCC/C=C\C/C=C\C/C=C\C/C=C\C/C=C\CC. The molecule has 0 saturated carbocycles. The molecule has 0 bridgehead atoms. The monoisotopic (exact) mass is 1760 g/mol. The largest absolute Gasteiger partial charge is 0.472 e. The Bertz CT molecular complexity index is 3020. The number of aliphatic hydroxyl groups excluding tert-OH is 2. The summed E-state index contributed by atoms with van der Waals surface area (Å²) in [5.41, 5.74) is 0. The first-order valence-electron chi connectivity index (χ1n) is 48.7. The highest BCUT2D eigenvalue weighted by molar-refractivity contribution is 7.47. The second-order valence-corrected chi connectivity index (χ2v) is 35.0. The van der Waals surface area contributed by atoms with Gasteiger partial charge in [-0.3, -0.25) is 32.5 Å². The third-order valence-corrected chi connectivity index (χ3v) is 22.2. The number of hydrogen-bond donors (Lipinski definition) is 4. The van der Waals surface area contributed by atoms with Crippen LogP contribution < -0.4 is 0 Å². The summed E-state index contributed by atoms with van der Waals surface area (Å²) in [5.74, 6) is -1.58. The number of rotatable bonds is 91. The zero-order valence-corrected chi connectivity index (χ0v) is 79.3. The summed E-state index contributed by atoms with van der Waals surface area (Å²) in [7, 11) is -9.82. The van der Waals surface area contributed by atoms with Gasteiger partial charge in [0.1, 0.15) is 25.4 Å². The van der Waals surface area contributed by atoms with E-state index in [-0.39, 0.29) is 19.3 Å². The topological polar surface area (TPSA) is 231 Å². The molecule has 0 heterocycles. The number of esters is 3. The van der Waals surface area contributed by atoms with E-state index in [9.17, 15) is 43.5 Å². The minimum Gasteiger partial charge on any atom is -0.463 e. The first-order chi connectivity index (χ1) is 60.2. The fraction of sp³-hybridized carbons (Fsp3) is 0.667. The predicted molar refractivity (Wildman–Crippen MR) is 518 cm³/mol. The van der Waals surface area contributed by atoms with Crippen molar-refractivity contribution in [3.63, 3.8) is 0 Å². The van der Waals surface area contributed by atoms with Gasteiger partial charge >= 0.3 is 33.6 Å². The summed E-state index contributed by atoms with van der Waals surface area (Å²) in [5, 5.41) is 20.8. The van der Waals surface area contributed by atoms with Crippen LogP contribution in [0.3, 0.4) is 0 Å². The smallest absolute Gasteiger partial charge is 0.463 e. The van der Waals surface area contributed by atoms with E-state index in [0.29, 0.717) is 19.3 Å². The van der Waals surface area contributed by atoms with Crippen molar-refractivity contribution in [3.8, 4) is 0 Å². The van der Waals surface area contributed by atoms with Crippen molar-refractivity contribution in [2.24, 2.45) is 0 Å². The molecule has 0 fully saturated rings. The van der Waals surface area contributed by atoms with Crippen molar-refractivity contribution in [1.82, 2.24) is 0 Å². The Morgan fingerprint density at radius 1 is 0.228 bits per heavy atom. The third-order valence-electron chi connectivity index (χ3n) is 20.3. The molecule has 0 rings (SSSR count). The van der Waals surface area contributed by atoms with Crippen LogP contribution in [0, 0.1) is 0 Å². The van der Waals surface area contributed by atoms with E-state index in [1.165, 1.54) is 148 Å². The van der Waals surface area contributed by atoms with Crippen LogP contribution in [0.5, 0.6) is 0 Å². The average molecular weight is 1760 g/mol. The zero-order valence-electron chi connectivity index (χ0n) is 77.5. The molecule has 0 aliphatic carbocycles. The van der Waals surface area contributed by atoms with Crippen LogP contribution in [0.4, 0.5) is 0 Å². The van der Waals surface area contributed by atoms with E-state index >= 15 is 0 Å². The number of unbranched alkanes of at least 4 members (excludes halogenated alkanes) is 36. The van der Waals surface area contributed by atoms with Gasteiger partial charge in [-0.15, -0.1) is 0 Å². The second-order valence-electron chi connectivity index (χ2n) is 32.1. The van der Waals surface area contributed by atoms with E-state index in [1.807, 2.05) is 0 Å². The number of phosphoric ester groups is 2. The Hall–Kier alpha value is -5.61. The van der Waals surface area contributed by atoms with E-state index in [2.05, 4.69) is 215 Å². The van der Waals surface area contributed by atoms with Gasteiger partial charge in [-0.2, -0.15) is 0 Å². The molecule has 0 aliphatic heterocycles. The predicted octanol–water partition coefficient (Wildman–Crippen LogP) is 30.6. The van der Waals surface area contributed by atoms with Crippen LogP contribution in [-0.2, 0) is 55.8 Å². The Morgan fingerprint density at radius 2 is 0.407 bits per heavy atom. The molecule has 4 N–H and O–H groups in total. The molecule has 16 nitrogen and oxygen atoms in total. The fourth-order valence-corrected chi connectivity index (χ4v) is 14.6. The van der Waals surface area contributed by atoms with Gasteiger partial charge in [0, 0.05) is 19.3 Å². The molecular weight excluding hydrogens is 1580 g/mol. The van der Waals surface area contributed by atoms with Crippen molar-refractivity contribution < 1.29 is 75.8 Å². The number of carbonyl (C=O) groups excluding carboxylic acids is 3. The molecule has 18 heteroatoms. The maximum atomic E-state index is 13.1. The first-order valence-corrected chi connectivity index (χ1v) is 51.7. The van der Waals surface area contributed by atoms with Gasteiger partial charge in [0.2, 0.25) is 0 Å². The van der Waals surface area contributed by atoms with Crippen LogP contribution in [0.25, 0.3) is 0 Å². The Labute approximate surface area is 750 Å². The van der Waals surface area contributed by atoms with Crippen molar-refractivity contribution in [2.75, 3.05) is 39.6 Å². The van der Waals surface area contributed by atoms with Gasteiger partial charge in [-0.25, -0.2) is 9.13 Å². The Morgan fingerprint density at radius 3 is 0.642 bits per heavy atom. The number of ether oxygens (including phenoxy) is 3. The Balaban J connectivity index is 4.65. The highest BCUT2D eigenvalue weighted by Crippen LogP contribution is 2.45. The molecule has 0 aliphatic rings. The van der Waals surface area contributed by atoms with Gasteiger partial charge in [0.05, 0.1) is 26.4 Å². The highest BCUT2D eigenvalue weighted by Gasteiger charge is 2.30. The minimum atomic E-state index is -4.95. The molecule has 5 atom stereocenters. The number of hydrogen-bond acceptors (Lipinski definition) is 14. The normalized spacial score (nSPS) is 14.6. The van der Waals surface area contributed by atoms with Gasteiger partial charge in [0.15, 0.2) is 6.10 Å². The average Bonchev–Trinajstić information content (AvgIpc) is 0.898. The number of phosphoric acid groups is 2. The molecule has 0 aromatic rings. The molecule has 123 heavy (non-hydrogen) atoms. The van der Waals surface area contributed by atoms with Crippen molar-refractivity contribution in [3.05, 3.63) is 194 Å². The van der Waals surface area contributed by atoms with Gasteiger partial charge in [-0.05, 0) is 161 Å². The standard InChI is InChI=1S/C105H176O16P2/c1-4-7-10-13-16-19-22-25-28-31-34-37-40-43-46-48-49-51-54-55-58-61-64-67-70-73-76-79-82-85-88-91-103(108)115-94-100(106)95-117-122(111,112)118-96-101(107)97-119-123(113,114)120-99-102(121-105(110)93-90-87-84-81-78-75-72-69-66-63-60-57-52-45-42-39-36-33-30-27-24-21-18-15-12-9-6-3)98-116-104(109)92-89-86-83-80-77-74-71-68-65-62-59-56-53-50-47-44-41-38-35-32-29-26-23-20-17-14-11-8-5-2/h7-12,16-21,25-30,34-39,43-47,52-53,56,100-102,106-107H,4-6,13-15,22-24,31-33,40-42,48-51,54-55,57-99H2,1-3H3,(H,111,112)(H,113,114)/b10-7-,11-8-,12-9-,19-16-,20-17-,21-18-,28-25-,29-26-,30-27-,37-34-,38-35-,39-36-,46-43-,47-44-,52-45-,56-53-. The lowest BCUT2D eigenvalue weighted by Crippen LogP contribution is -2.30.